The molecular weight excluding hydrogens is 414 g/mol. The van der Waals surface area contributed by atoms with Gasteiger partial charge in [0.1, 0.15) is 0 Å². The van der Waals surface area contributed by atoms with Crippen LogP contribution in [0.5, 0.6) is 0 Å². The van der Waals surface area contributed by atoms with Gasteiger partial charge in [-0.1, -0.05) is 24.3 Å². The molecule has 2 aromatic carbocycles. The van der Waals surface area contributed by atoms with Crippen LogP contribution in [0.3, 0.4) is 0 Å². The van der Waals surface area contributed by atoms with Gasteiger partial charge in [0.2, 0.25) is 0 Å². The maximum atomic E-state index is 12.6. The molecule has 0 aliphatic carbocycles. The Labute approximate surface area is 190 Å². The Bertz CT molecular complexity index is 1460. The van der Waals surface area contributed by atoms with Crippen molar-refractivity contribution < 1.29 is 4.79 Å². The molecule has 5 rings (SSSR count). The lowest BCUT2D eigenvalue weighted by Crippen LogP contribution is -2.20. The standard InChI is InChI=1S/C25H21N7O/c1-16-8-9-17(2)22(13-16)28-25(33)27-20-7-3-5-18(14-20)21-10-11-23-29-30-24(32(23)31-21)19-6-4-12-26-15-19/h3-15H,1-2H3,(H2,27,28,33). The first-order chi connectivity index (χ1) is 16.1. The van der Waals surface area contributed by atoms with E-state index in [4.69, 9.17) is 5.10 Å². The maximum Gasteiger partial charge on any atom is 0.323 e. The lowest BCUT2D eigenvalue weighted by Gasteiger charge is -2.11. The largest absolute Gasteiger partial charge is 0.323 e. The van der Waals surface area contributed by atoms with Crippen LogP contribution in [0.4, 0.5) is 16.2 Å². The van der Waals surface area contributed by atoms with Gasteiger partial charge in [-0.2, -0.15) is 9.61 Å². The number of aryl methyl sites for hydroxylation is 2. The van der Waals surface area contributed by atoms with Crippen molar-refractivity contribution in [3.05, 3.63) is 90.3 Å². The number of anilines is 2. The molecule has 0 spiro atoms. The summed E-state index contributed by atoms with van der Waals surface area (Å²) in [6, 6.07) is 20.7. The van der Waals surface area contributed by atoms with E-state index in [2.05, 4.69) is 25.8 Å². The summed E-state index contributed by atoms with van der Waals surface area (Å²) >= 11 is 0. The van der Waals surface area contributed by atoms with E-state index >= 15 is 0 Å². The van der Waals surface area contributed by atoms with Gasteiger partial charge in [-0.15, -0.1) is 10.2 Å². The van der Waals surface area contributed by atoms with Gasteiger partial charge in [-0.05, 0) is 67.4 Å². The fourth-order valence-corrected chi connectivity index (χ4v) is 3.53. The third-order valence-electron chi connectivity index (χ3n) is 5.24. The molecule has 0 radical (unpaired) electrons. The number of rotatable bonds is 4. The molecule has 3 heterocycles. The molecule has 0 saturated carbocycles. The van der Waals surface area contributed by atoms with Gasteiger partial charge < -0.3 is 10.6 Å². The minimum Gasteiger partial charge on any atom is -0.308 e. The van der Waals surface area contributed by atoms with Crippen LogP contribution in [0.1, 0.15) is 11.1 Å². The number of fused-ring (bicyclic) bond motifs is 1. The zero-order valence-electron chi connectivity index (χ0n) is 18.1. The summed E-state index contributed by atoms with van der Waals surface area (Å²) in [6.45, 7) is 3.95. The molecule has 33 heavy (non-hydrogen) atoms. The predicted molar refractivity (Wildman–Crippen MR) is 128 cm³/mol. The Balaban J connectivity index is 1.41. The topological polar surface area (TPSA) is 97.1 Å². The highest BCUT2D eigenvalue weighted by atomic mass is 16.2. The average molecular weight is 435 g/mol. The molecule has 0 saturated heterocycles. The van der Waals surface area contributed by atoms with Crippen molar-refractivity contribution >= 4 is 23.1 Å². The number of pyridine rings is 1. The first-order valence-corrected chi connectivity index (χ1v) is 10.5. The number of aromatic nitrogens is 5. The number of urea groups is 1. The highest BCUT2D eigenvalue weighted by Gasteiger charge is 2.12. The van der Waals surface area contributed by atoms with Crippen LogP contribution in [0.25, 0.3) is 28.3 Å². The summed E-state index contributed by atoms with van der Waals surface area (Å²) in [6.07, 6.45) is 3.43. The fourth-order valence-electron chi connectivity index (χ4n) is 3.53. The molecule has 0 fully saturated rings. The van der Waals surface area contributed by atoms with Gasteiger partial charge in [0.25, 0.3) is 0 Å². The maximum absolute atomic E-state index is 12.6. The second-order valence-corrected chi connectivity index (χ2v) is 7.73. The minimum atomic E-state index is -0.304. The number of hydrogen-bond acceptors (Lipinski definition) is 5. The number of nitrogens with one attached hydrogen (secondary N) is 2. The molecule has 0 unspecified atom stereocenters. The van der Waals surface area contributed by atoms with Crippen molar-refractivity contribution in [3.8, 4) is 22.6 Å². The van der Waals surface area contributed by atoms with E-state index in [-0.39, 0.29) is 6.03 Å². The number of hydrogen-bond donors (Lipinski definition) is 2. The van der Waals surface area contributed by atoms with Crippen molar-refractivity contribution in [3.63, 3.8) is 0 Å². The van der Waals surface area contributed by atoms with Crippen LogP contribution in [0.15, 0.2) is 79.1 Å². The van der Waals surface area contributed by atoms with Gasteiger partial charge in [-0.3, -0.25) is 4.98 Å². The van der Waals surface area contributed by atoms with Crippen molar-refractivity contribution in [2.45, 2.75) is 13.8 Å². The Morgan fingerprint density at radius 3 is 2.61 bits per heavy atom. The van der Waals surface area contributed by atoms with E-state index in [1.807, 2.05) is 80.6 Å². The zero-order chi connectivity index (χ0) is 22.8. The van der Waals surface area contributed by atoms with E-state index in [0.717, 1.165) is 33.6 Å². The van der Waals surface area contributed by atoms with E-state index in [9.17, 15) is 4.79 Å². The number of carbonyl (C=O) groups excluding carboxylic acids is 1. The molecule has 3 aromatic heterocycles. The van der Waals surface area contributed by atoms with Crippen LogP contribution >= 0.6 is 0 Å². The molecule has 0 aliphatic rings. The van der Waals surface area contributed by atoms with Gasteiger partial charge in [0.15, 0.2) is 11.5 Å². The van der Waals surface area contributed by atoms with Crippen LogP contribution < -0.4 is 10.6 Å². The first kappa shape index (κ1) is 20.3. The van der Waals surface area contributed by atoms with Gasteiger partial charge in [0, 0.05) is 34.9 Å². The van der Waals surface area contributed by atoms with E-state index in [0.29, 0.717) is 17.2 Å². The third kappa shape index (κ3) is 4.27. The second-order valence-electron chi connectivity index (χ2n) is 7.73. The number of carbonyl (C=O) groups is 1. The van der Waals surface area contributed by atoms with Gasteiger partial charge >= 0.3 is 6.03 Å². The Hall–Kier alpha value is -4.59. The highest BCUT2D eigenvalue weighted by Crippen LogP contribution is 2.24. The zero-order valence-corrected chi connectivity index (χ0v) is 18.1. The highest BCUT2D eigenvalue weighted by molar-refractivity contribution is 6.00. The van der Waals surface area contributed by atoms with Crippen molar-refractivity contribution in [1.29, 1.82) is 0 Å². The van der Waals surface area contributed by atoms with E-state index in [1.54, 1.807) is 16.9 Å². The third-order valence-corrected chi connectivity index (χ3v) is 5.24. The summed E-state index contributed by atoms with van der Waals surface area (Å²) in [7, 11) is 0. The second kappa shape index (κ2) is 8.51. The van der Waals surface area contributed by atoms with Crippen LogP contribution in [0.2, 0.25) is 0 Å². The van der Waals surface area contributed by atoms with Gasteiger partial charge in [0.05, 0.1) is 5.69 Å². The summed E-state index contributed by atoms with van der Waals surface area (Å²) < 4.78 is 1.69. The van der Waals surface area contributed by atoms with E-state index in [1.165, 1.54) is 0 Å². The van der Waals surface area contributed by atoms with Crippen LogP contribution in [-0.4, -0.2) is 30.8 Å². The molecule has 162 valence electrons. The molecule has 0 bridgehead atoms. The Kier molecular flexibility index (Phi) is 5.24. The van der Waals surface area contributed by atoms with Crippen LogP contribution in [-0.2, 0) is 0 Å². The summed E-state index contributed by atoms with van der Waals surface area (Å²) in [5, 5.41) is 19.0. The average Bonchev–Trinajstić information content (AvgIpc) is 3.25. The van der Waals surface area contributed by atoms with Crippen molar-refractivity contribution in [1.82, 2.24) is 24.8 Å². The molecule has 8 nitrogen and oxygen atoms in total. The summed E-state index contributed by atoms with van der Waals surface area (Å²) in [5.74, 6) is 0.613. The van der Waals surface area contributed by atoms with Gasteiger partial charge in [-0.25, -0.2) is 4.79 Å². The van der Waals surface area contributed by atoms with Crippen molar-refractivity contribution in [2.75, 3.05) is 10.6 Å². The monoisotopic (exact) mass is 435 g/mol. The minimum absolute atomic E-state index is 0.304. The quantitative estimate of drug-likeness (QED) is 0.409. The number of amides is 2. The predicted octanol–water partition coefficient (Wildman–Crippen LogP) is 5.11. The Morgan fingerprint density at radius 2 is 1.76 bits per heavy atom. The molecule has 8 heteroatoms. The SMILES string of the molecule is Cc1ccc(C)c(NC(=O)Nc2cccc(-c3ccc4nnc(-c5cccnc5)n4n3)c2)c1. The molecule has 2 N–H and O–H groups in total. The molecule has 0 atom stereocenters. The van der Waals surface area contributed by atoms with Crippen molar-refractivity contribution in [2.24, 2.45) is 0 Å². The summed E-state index contributed by atoms with van der Waals surface area (Å²) in [4.78, 5) is 16.7. The Morgan fingerprint density at radius 1 is 0.879 bits per heavy atom. The molecule has 2 amide bonds. The first-order valence-electron chi connectivity index (χ1n) is 10.5. The van der Waals surface area contributed by atoms with Crippen LogP contribution in [0, 0.1) is 13.8 Å². The summed E-state index contributed by atoms with van der Waals surface area (Å²) in [5.41, 5.74) is 6.57. The molecule has 5 aromatic rings. The number of benzene rings is 2. The fraction of sp³-hybridized carbons (Fsp3) is 0.0800. The lowest BCUT2D eigenvalue weighted by molar-refractivity contribution is 0.262. The molecule has 0 aliphatic heterocycles. The molecular formula is C25H21N7O. The number of nitrogens with zero attached hydrogens (tertiary/aromatic N) is 5. The smallest absolute Gasteiger partial charge is 0.308 e. The lowest BCUT2D eigenvalue weighted by atomic mass is 10.1. The van der Waals surface area contributed by atoms with E-state index < -0.39 is 0 Å². The normalized spacial score (nSPS) is 10.8.